The van der Waals surface area contributed by atoms with Crippen molar-refractivity contribution < 1.29 is 4.74 Å². The number of aryl methyl sites for hydroxylation is 1. The number of thiophene rings is 1. The normalized spacial score (nSPS) is 15.0. The number of nitriles is 1. The van der Waals surface area contributed by atoms with Gasteiger partial charge in [0.2, 0.25) is 0 Å². The zero-order valence-electron chi connectivity index (χ0n) is 15.0. The van der Waals surface area contributed by atoms with Crippen LogP contribution < -0.4 is 5.73 Å². The third-order valence-corrected chi connectivity index (χ3v) is 5.66. The smallest absolute Gasteiger partial charge is 0.142 e. The van der Waals surface area contributed by atoms with Gasteiger partial charge in [-0.1, -0.05) is 0 Å². The molecule has 138 valence electrons. The Hall–Kier alpha value is -2.73. The largest absolute Gasteiger partial charge is 0.383 e. The van der Waals surface area contributed by atoms with Crippen molar-refractivity contribution in [2.45, 2.75) is 13.5 Å². The maximum absolute atomic E-state index is 9.52. The second-order valence-corrected chi connectivity index (χ2v) is 7.42. The molecule has 1 saturated heterocycles. The van der Waals surface area contributed by atoms with E-state index in [9.17, 15) is 5.26 Å². The lowest BCUT2D eigenvalue weighted by atomic mass is 10.0. The van der Waals surface area contributed by atoms with Crippen LogP contribution in [0.5, 0.6) is 0 Å². The maximum atomic E-state index is 9.52. The number of aromatic amines is 1. The Labute approximate surface area is 161 Å². The summed E-state index contributed by atoms with van der Waals surface area (Å²) in [7, 11) is 0. The van der Waals surface area contributed by atoms with E-state index in [0.717, 1.165) is 54.8 Å². The molecule has 0 bridgehead atoms. The van der Waals surface area contributed by atoms with Crippen LogP contribution in [0.1, 0.15) is 16.8 Å². The van der Waals surface area contributed by atoms with E-state index in [1.165, 1.54) is 5.56 Å². The molecule has 0 aromatic carbocycles. The summed E-state index contributed by atoms with van der Waals surface area (Å²) in [4.78, 5) is 15.3. The fourth-order valence-electron chi connectivity index (χ4n) is 3.24. The first-order chi connectivity index (χ1) is 13.2. The van der Waals surface area contributed by atoms with Crippen molar-refractivity contribution in [3.63, 3.8) is 0 Å². The molecule has 27 heavy (non-hydrogen) atoms. The molecule has 3 aromatic rings. The molecule has 0 saturated carbocycles. The second-order valence-electron chi connectivity index (χ2n) is 6.51. The number of rotatable bonds is 4. The van der Waals surface area contributed by atoms with Crippen LogP contribution in [0.3, 0.4) is 0 Å². The standard InChI is InChI=1S/C19H20N6OS/c1-12-18(23-11-22-12)14-7-16(24-19(21)15(14)8-20)17-6-13(10-27-17)9-25-2-4-26-5-3-25/h6-7,10-11H,2-5,9H2,1H3,(H2,21,24)(H,22,23). The average Bonchev–Trinajstić information content (AvgIpc) is 3.31. The highest BCUT2D eigenvalue weighted by Gasteiger charge is 2.18. The van der Waals surface area contributed by atoms with Crippen LogP contribution in [0, 0.1) is 18.3 Å². The highest BCUT2D eigenvalue weighted by atomic mass is 32.1. The zero-order chi connectivity index (χ0) is 18.8. The number of hydrogen-bond acceptors (Lipinski definition) is 7. The summed E-state index contributed by atoms with van der Waals surface area (Å²) in [5.41, 5.74) is 10.8. The molecule has 3 aromatic heterocycles. The van der Waals surface area contributed by atoms with Gasteiger partial charge >= 0.3 is 0 Å². The van der Waals surface area contributed by atoms with Gasteiger partial charge in [0.15, 0.2) is 0 Å². The number of nitrogen functional groups attached to an aromatic ring is 1. The summed E-state index contributed by atoms with van der Waals surface area (Å²) in [6, 6.07) is 6.21. The Kier molecular flexibility index (Phi) is 4.90. The number of nitrogens with two attached hydrogens (primary N) is 1. The predicted octanol–water partition coefficient (Wildman–Crippen LogP) is 2.79. The van der Waals surface area contributed by atoms with E-state index < -0.39 is 0 Å². The molecule has 1 aliphatic heterocycles. The minimum Gasteiger partial charge on any atom is -0.383 e. The molecule has 0 atom stereocenters. The Bertz CT molecular complexity index is 996. The SMILES string of the molecule is Cc1[nH]cnc1-c1cc(-c2cc(CN3CCOCC3)cs2)nc(N)c1C#N. The molecule has 0 spiro atoms. The molecule has 0 unspecified atom stereocenters. The molecule has 3 N–H and O–H groups in total. The number of ether oxygens (including phenoxy) is 1. The number of hydrogen-bond donors (Lipinski definition) is 2. The van der Waals surface area contributed by atoms with E-state index >= 15 is 0 Å². The van der Waals surface area contributed by atoms with Crippen LogP contribution in [0.4, 0.5) is 5.82 Å². The van der Waals surface area contributed by atoms with Gasteiger partial charge in [0, 0.05) is 30.9 Å². The lowest BCUT2D eigenvalue weighted by Gasteiger charge is -2.26. The van der Waals surface area contributed by atoms with Crippen molar-refractivity contribution in [1.82, 2.24) is 19.9 Å². The van der Waals surface area contributed by atoms with E-state index in [2.05, 4.69) is 37.4 Å². The van der Waals surface area contributed by atoms with Gasteiger partial charge in [0.1, 0.15) is 17.5 Å². The van der Waals surface area contributed by atoms with Crippen LogP contribution >= 0.6 is 11.3 Å². The third-order valence-electron chi connectivity index (χ3n) is 4.66. The van der Waals surface area contributed by atoms with E-state index in [0.29, 0.717) is 11.1 Å². The quantitative estimate of drug-likeness (QED) is 0.721. The lowest BCUT2D eigenvalue weighted by molar-refractivity contribution is 0.0342. The summed E-state index contributed by atoms with van der Waals surface area (Å²) in [5, 5.41) is 11.7. The third kappa shape index (κ3) is 3.57. The molecule has 1 fully saturated rings. The molecule has 4 heterocycles. The highest BCUT2D eigenvalue weighted by Crippen LogP contribution is 2.34. The maximum Gasteiger partial charge on any atom is 0.142 e. The summed E-state index contributed by atoms with van der Waals surface area (Å²) < 4.78 is 5.41. The van der Waals surface area contributed by atoms with Gasteiger partial charge in [-0.3, -0.25) is 4.90 Å². The van der Waals surface area contributed by atoms with Crippen LogP contribution in [0.2, 0.25) is 0 Å². The minimum atomic E-state index is 0.232. The van der Waals surface area contributed by atoms with E-state index in [1.54, 1.807) is 17.7 Å². The Morgan fingerprint density at radius 2 is 2.19 bits per heavy atom. The van der Waals surface area contributed by atoms with Crippen molar-refractivity contribution in [3.05, 3.63) is 40.7 Å². The number of anilines is 1. The molecular formula is C19H20N6OS. The molecule has 8 heteroatoms. The number of aromatic nitrogens is 3. The fraction of sp³-hybridized carbons (Fsp3) is 0.316. The predicted molar refractivity (Wildman–Crippen MR) is 105 cm³/mol. The minimum absolute atomic E-state index is 0.232. The molecular weight excluding hydrogens is 360 g/mol. The molecule has 0 aliphatic carbocycles. The number of pyridine rings is 1. The first kappa shape index (κ1) is 17.7. The molecule has 4 rings (SSSR count). The second kappa shape index (κ2) is 7.48. The number of imidazole rings is 1. The Balaban J connectivity index is 1.67. The van der Waals surface area contributed by atoms with Crippen LogP contribution in [0.15, 0.2) is 23.8 Å². The van der Waals surface area contributed by atoms with Crippen molar-refractivity contribution in [2.75, 3.05) is 32.0 Å². The van der Waals surface area contributed by atoms with Gasteiger partial charge in [-0.15, -0.1) is 11.3 Å². The van der Waals surface area contributed by atoms with Crippen LogP contribution in [-0.4, -0.2) is 46.2 Å². The fourth-order valence-corrected chi connectivity index (χ4v) is 4.10. The first-order valence-electron chi connectivity index (χ1n) is 8.74. The van der Waals surface area contributed by atoms with Crippen molar-refractivity contribution in [3.8, 4) is 27.9 Å². The van der Waals surface area contributed by atoms with E-state index in [-0.39, 0.29) is 5.82 Å². The first-order valence-corrected chi connectivity index (χ1v) is 9.62. The van der Waals surface area contributed by atoms with E-state index in [4.69, 9.17) is 10.5 Å². The van der Waals surface area contributed by atoms with Gasteiger partial charge in [0.25, 0.3) is 0 Å². The van der Waals surface area contributed by atoms with Gasteiger partial charge in [-0.05, 0) is 30.0 Å². The van der Waals surface area contributed by atoms with E-state index in [1.807, 2.05) is 13.0 Å². The summed E-state index contributed by atoms with van der Waals surface area (Å²) in [6.45, 7) is 6.31. The summed E-state index contributed by atoms with van der Waals surface area (Å²) in [6.07, 6.45) is 1.62. The molecule has 0 radical (unpaired) electrons. The van der Waals surface area contributed by atoms with Crippen molar-refractivity contribution in [1.29, 1.82) is 5.26 Å². The van der Waals surface area contributed by atoms with Crippen LogP contribution in [-0.2, 0) is 11.3 Å². The lowest BCUT2D eigenvalue weighted by Crippen LogP contribution is -2.35. The molecule has 0 amide bonds. The van der Waals surface area contributed by atoms with Gasteiger partial charge in [0.05, 0.1) is 35.8 Å². The highest BCUT2D eigenvalue weighted by molar-refractivity contribution is 7.13. The van der Waals surface area contributed by atoms with Gasteiger partial charge < -0.3 is 15.5 Å². The molecule has 7 nitrogen and oxygen atoms in total. The zero-order valence-corrected chi connectivity index (χ0v) is 15.8. The Morgan fingerprint density at radius 3 is 2.89 bits per heavy atom. The average molecular weight is 380 g/mol. The Morgan fingerprint density at radius 1 is 1.37 bits per heavy atom. The summed E-state index contributed by atoms with van der Waals surface area (Å²) >= 11 is 1.64. The van der Waals surface area contributed by atoms with Gasteiger partial charge in [-0.25, -0.2) is 9.97 Å². The van der Waals surface area contributed by atoms with Gasteiger partial charge in [-0.2, -0.15) is 5.26 Å². The van der Waals surface area contributed by atoms with Crippen LogP contribution in [0.25, 0.3) is 21.8 Å². The number of nitrogens with zero attached hydrogens (tertiary/aromatic N) is 4. The number of nitrogens with one attached hydrogen (secondary N) is 1. The molecule has 1 aliphatic rings. The number of H-pyrrole nitrogens is 1. The summed E-state index contributed by atoms with van der Waals surface area (Å²) in [5.74, 6) is 0.232. The topological polar surface area (TPSA) is 104 Å². The van der Waals surface area contributed by atoms with Crippen molar-refractivity contribution in [2.24, 2.45) is 0 Å². The van der Waals surface area contributed by atoms with Crippen molar-refractivity contribution >= 4 is 17.2 Å². The monoisotopic (exact) mass is 380 g/mol. The number of morpholine rings is 1.